The zero-order valence-corrected chi connectivity index (χ0v) is 19.1. The van der Waals surface area contributed by atoms with Crippen molar-refractivity contribution in [2.75, 3.05) is 20.2 Å². The molecule has 164 valence electrons. The first kappa shape index (κ1) is 24.4. The van der Waals surface area contributed by atoms with Gasteiger partial charge in [0.2, 0.25) is 10.0 Å². The van der Waals surface area contributed by atoms with Gasteiger partial charge in [-0.25, -0.2) is 8.42 Å². The van der Waals surface area contributed by atoms with E-state index in [1.807, 2.05) is 0 Å². The van der Waals surface area contributed by atoms with E-state index in [9.17, 15) is 18.3 Å². The molecule has 1 unspecified atom stereocenters. The highest BCUT2D eigenvalue weighted by atomic mass is 35.5. The Morgan fingerprint density at radius 2 is 1.87 bits per heavy atom. The predicted octanol–water partition coefficient (Wildman–Crippen LogP) is 3.19. The number of aliphatic hydroxyl groups excluding tert-OH is 1. The molecular formula is C20H24Cl2N2O5S. The highest BCUT2D eigenvalue weighted by Crippen LogP contribution is 2.31. The van der Waals surface area contributed by atoms with E-state index in [4.69, 9.17) is 27.9 Å². The number of halogens is 2. The standard InChI is InChI=1S/C20H24Cl2N2O5S/c1-13(2)24(3)30(27,28)16-7-4-6-14(10-16)20(26)23-11-15(25)12-29-18-9-5-8-17(21)19(18)22/h4-10,13,15,25H,11-12H2,1-3H3,(H,23,26). The Bertz CT molecular complexity index is 998. The summed E-state index contributed by atoms with van der Waals surface area (Å²) in [6.45, 7) is 3.30. The van der Waals surface area contributed by atoms with Crippen molar-refractivity contribution in [2.45, 2.75) is 30.9 Å². The molecule has 7 nitrogen and oxygen atoms in total. The zero-order valence-electron chi connectivity index (χ0n) is 16.8. The van der Waals surface area contributed by atoms with Crippen LogP contribution in [0.15, 0.2) is 47.4 Å². The van der Waals surface area contributed by atoms with Gasteiger partial charge < -0.3 is 15.2 Å². The molecule has 30 heavy (non-hydrogen) atoms. The average molecular weight is 475 g/mol. The number of rotatable bonds is 9. The van der Waals surface area contributed by atoms with E-state index in [-0.39, 0.29) is 34.7 Å². The van der Waals surface area contributed by atoms with Crippen LogP contribution >= 0.6 is 23.2 Å². The molecule has 10 heteroatoms. The smallest absolute Gasteiger partial charge is 0.251 e. The van der Waals surface area contributed by atoms with Gasteiger partial charge in [-0.15, -0.1) is 0 Å². The predicted molar refractivity (Wildman–Crippen MR) is 117 cm³/mol. The molecule has 2 aromatic carbocycles. The lowest BCUT2D eigenvalue weighted by Gasteiger charge is -2.21. The summed E-state index contributed by atoms with van der Waals surface area (Å²) in [5, 5.41) is 13.2. The Labute approximate surface area is 186 Å². The highest BCUT2D eigenvalue weighted by molar-refractivity contribution is 7.89. The number of amides is 1. The summed E-state index contributed by atoms with van der Waals surface area (Å²) in [7, 11) is -2.23. The molecule has 0 saturated heterocycles. The van der Waals surface area contributed by atoms with Crippen LogP contribution in [0.4, 0.5) is 0 Å². The second-order valence-corrected chi connectivity index (χ2v) is 9.65. The summed E-state index contributed by atoms with van der Waals surface area (Å²) < 4.78 is 31.9. The molecule has 2 rings (SSSR count). The fourth-order valence-electron chi connectivity index (χ4n) is 2.39. The third kappa shape index (κ3) is 6.09. The molecule has 0 heterocycles. The molecule has 0 fully saturated rings. The maximum absolute atomic E-state index is 12.6. The maximum atomic E-state index is 12.6. The number of aliphatic hydroxyl groups is 1. The fraction of sp³-hybridized carbons (Fsp3) is 0.350. The number of nitrogens with one attached hydrogen (secondary N) is 1. The monoisotopic (exact) mass is 474 g/mol. The third-order valence-corrected chi connectivity index (χ3v) is 7.18. The number of hydrogen-bond acceptors (Lipinski definition) is 5. The van der Waals surface area contributed by atoms with Crippen molar-refractivity contribution in [3.05, 3.63) is 58.1 Å². The number of hydrogen-bond donors (Lipinski definition) is 2. The van der Waals surface area contributed by atoms with Crippen molar-refractivity contribution >= 4 is 39.1 Å². The number of benzene rings is 2. The number of ether oxygens (including phenoxy) is 1. The average Bonchev–Trinajstić information content (AvgIpc) is 2.72. The molecular weight excluding hydrogens is 451 g/mol. The molecule has 1 amide bonds. The van der Waals surface area contributed by atoms with Gasteiger partial charge in [-0.1, -0.05) is 35.3 Å². The topological polar surface area (TPSA) is 95.9 Å². The Hall–Kier alpha value is -1.84. The number of sulfonamides is 1. The van der Waals surface area contributed by atoms with Crippen LogP contribution in [0.1, 0.15) is 24.2 Å². The van der Waals surface area contributed by atoms with Crippen molar-refractivity contribution < 1.29 is 23.1 Å². The Balaban J connectivity index is 1.97. The lowest BCUT2D eigenvalue weighted by Crippen LogP contribution is -2.35. The van der Waals surface area contributed by atoms with Gasteiger partial charge in [0.25, 0.3) is 5.91 Å². The summed E-state index contributed by atoms with van der Waals surface area (Å²) in [4.78, 5) is 12.4. The van der Waals surface area contributed by atoms with Gasteiger partial charge in [0.05, 0.1) is 9.92 Å². The van der Waals surface area contributed by atoms with E-state index in [1.54, 1.807) is 32.0 Å². The molecule has 1 atom stereocenters. The van der Waals surface area contributed by atoms with Crippen LogP contribution < -0.4 is 10.1 Å². The van der Waals surface area contributed by atoms with Crippen molar-refractivity contribution in [2.24, 2.45) is 0 Å². The first-order valence-corrected chi connectivity index (χ1v) is 11.3. The minimum atomic E-state index is -3.71. The Kier molecular flexibility index (Phi) is 8.52. The third-order valence-electron chi connectivity index (χ3n) is 4.35. The quantitative estimate of drug-likeness (QED) is 0.581. The van der Waals surface area contributed by atoms with E-state index in [1.165, 1.54) is 35.6 Å². The normalized spacial score (nSPS) is 12.8. The lowest BCUT2D eigenvalue weighted by atomic mass is 10.2. The maximum Gasteiger partial charge on any atom is 0.251 e. The van der Waals surface area contributed by atoms with Crippen molar-refractivity contribution in [1.82, 2.24) is 9.62 Å². The van der Waals surface area contributed by atoms with Gasteiger partial charge in [-0.2, -0.15) is 4.31 Å². The van der Waals surface area contributed by atoms with E-state index >= 15 is 0 Å². The molecule has 0 radical (unpaired) electrons. The molecule has 2 N–H and O–H groups in total. The summed E-state index contributed by atoms with van der Waals surface area (Å²) >= 11 is 11.9. The van der Waals surface area contributed by atoms with E-state index in [0.29, 0.717) is 10.8 Å². The largest absolute Gasteiger partial charge is 0.489 e. The molecule has 0 aromatic heterocycles. The molecule has 2 aromatic rings. The van der Waals surface area contributed by atoms with Crippen molar-refractivity contribution in [1.29, 1.82) is 0 Å². The summed E-state index contributed by atoms with van der Waals surface area (Å²) in [5.41, 5.74) is 0.166. The second-order valence-electron chi connectivity index (χ2n) is 6.87. The van der Waals surface area contributed by atoms with Crippen LogP contribution in [0.5, 0.6) is 5.75 Å². The second kappa shape index (κ2) is 10.5. The van der Waals surface area contributed by atoms with Crippen LogP contribution in [-0.2, 0) is 10.0 Å². The van der Waals surface area contributed by atoms with Crippen LogP contribution in [0.2, 0.25) is 10.0 Å². The van der Waals surface area contributed by atoms with Crippen LogP contribution in [0.3, 0.4) is 0 Å². The number of carbonyl (C=O) groups is 1. The SMILES string of the molecule is CC(C)N(C)S(=O)(=O)c1cccc(C(=O)NCC(O)COc2cccc(Cl)c2Cl)c1. The summed E-state index contributed by atoms with van der Waals surface area (Å²) in [5.74, 6) is -0.194. The molecule has 0 spiro atoms. The number of nitrogens with zero attached hydrogens (tertiary/aromatic N) is 1. The van der Waals surface area contributed by atoms with E-state index in [2.05, 4.69) is 5.32 Å². The molecule has 0 aliphatic rings. The zero-order chi connectivity index (χ0) is 22.5. The minimum Gasteiger partial charge on any atom is -0.489 e. The Morgan fingerprint density at radius 3 is 2.53 bits per heavy atom. The van der Waals surface area contributed by atoms with Crippen LogP contribution in [0, 0.1) is 0 Å². The first-order valence-electron chi connectivity index (χ1n) is 9.15. The Morgan fingerprint density at radius 1 is 1.20 bits per heavy atom. The van der Waals surface area contributed by atoms with Crippen molar-refractivity contribution in [3.63, 3.8) is 0 Å². The summed E-state index contributed by atoms with van der Waals surface area (Å²) in [6.07, 6.45) is -1.01. The van der Waals surface area contributed by atoms with Crippen molar-refractivity contribution in [3.8, 4) is 5.75 Å². The van der Waals surface area contributed by atoms with Crippen LogP contribution in [-0.4, -0.2) is 56.1 Å². The first-order chi connectivity index (χ1) is 14.0. The van der Waals surface area contributed by atoms with Gasteiger partial charge in [0, 0.05) is 25.2 Å². The van der Waals surface area contributed by atoms with Gasteiger partial charge >= 0.3 is 0 Å². The van der Waals surface area contributed by atoms with E-state index in [0.717, 1.165) is 0 Å². The van der Waals surface area contributed by atoms with Gasteiger partial charge in [-0.3, -0.25) is 4.79 Å². The van der Waals surface area contributed by atoms with Gasteiger partial charge in [-0.05, 0) is 44.2 Å². The fourth-order valence-corrected chi connectivity index (χ4v) is 4.16. The van der Waals surface area contributed by atoms with E-state index < -0.39 is 22.0 Å². The molecule has 0 aliphatic heterocycles. The minimum absolute atomic E-state index is 0.0193. The highest BCUT2D eigenvalue weighted by Gasteiger charge is 2.24. The van der Waals surface area contributed by atoms with Gasteiger partial charge in [0.15, 0.2) is 0 Å². The molecule has 0 saturated carbocycles. The van der Waals surface area contributed by atoms with Gasteiger partial charge in [0.1, 0.15) is 23.5 Å². The molecule has 0 bridgehead atoms. The lowest BCUT2D eigenvalue weighted by molar-refractivity contribution is 0.0843. The molecule has 0 aliphatic carbocycles. The summed E-state index contributed by atoms with van der Waals surface area (Å²) in [6, 6.07) is 10.4. The van der Waals surface area contributed by atoms with Crippen LogP contribution in [0.25, 0.3) is 0 Å². The number of carbonyl (C=O) groups excluding carboxylic acids is 1.